The SMILES string of the molecule is O=C([O-])c1cn(-c2ccc(Cl)cc2)c(=O)c2ccccc12. The number of aromatic carboxylic acids is 1. The van der Waals surface area contributed by atoms with Crippen LogP contribution in [0, 0.1) is 0 Å². The Morgan fingerprint density at radius 2 is 1.62 bits per heavy atom. The summed E-state index contributed by atoms with van der Waals surface area (Å²) in [6, 6.07) is 13.1. The lowest BCUT2D eigenvalue weighted by molar-refractivity contribution is -0.254. The smallest absolute Gasteiger partial charge is 0.262 e. The number of hydrogen-bond donors (Lipinski definition) is 0. The van der Waals surface area contributed by atoms with Crippen LogP contribution in [0.4, 0.5) is 0 Å². The van der Waals surface area contributed by atoms with E-state index in [0.717, 1.165) is 0 Å². The first-order valence-corrected chi connectivity index (χ1v) is 6.57. The van der Waals surface area contributed by atoms with E-state index in [1.807, 2.05) is 0 Å². The van der Waals surface area contributed by atoms with Crippen molar-refractivity contribution in [2.24, 2.45) is 0 Å². The predicted molar refractivity (Wildman–Crippen MR) is 78.9 cm³/mol. The van der Waals surface area contributed by atoms with Crippen molar-refractivity contribution in [1.29, 1.82) is 0 Å². The third kappa shape index (κ3) is 2.30. The molecule has 4 nitrogen and oxygen atoms in total. The number of carbonyl (C=O) groups is 1. The largest absolute Gasteiger partial charge is 0.545 e. The number of rotatable bonds is 2. The zero-order valence-corrected chi connectivity index (χ0v) is 11.5. The molecule has 0 amide bonds. The van der Waals surface area contributed by atoms with E-state index in [1.54, 1.807) is 48.5 Å². The van der Waals surface area contributed by atoms with Crippen LogP contribution in [0.3, 0.4) is 0 Å². The van der Waals surface area contributed by atoms with E-state index < -0.39 is 5.97 Å². The van der Waals surface area contributed by atoms with Crippen LogP contribution in [0.5, 0.6) is 0 Å². The molecule has 3 rings (SSSR count). The maximum Gasteiger partial charge on any atom is 0.262 e. The van der Waals surface area contributed by atoms with Gasteiger partial charge in [0.25, 0.3) is 5.56 Å². The molecule has 3 aromatic rings. The number of nitrogens with zero attached hydrogens (tertiary/aromatic N) is 1. The van der Waals surface area contributed by atoms with Gasteiger partial charge in [0.15, 0.2) is 0 Å². The molecule has 21 heavy (non-hydrogen) atoms. The highest BCUT2D eigenvalue weighted by atomic mass is 35.5. The van der Waals surface area contributed by atoms with Crippen molar-refractivity contribution in [2.75, 3.05) is 0 Å². The lowest BCUT2D eigenvalue weighted by Gasteiger charge is -2.13. The quantitative estimate of drug-likeness (QED) is 0.727. The lowest BCUT2D eigenvalue weighted by Crippen LogP contribution is -2.27. The van der Waals surface area contributed by atoms with Crippen molar-refractivity contribution >= 4 is 28.3 Å². The molecule has 0 unspecified atom stereocenters. The third-order valence-electron chi connectivity index (χ3n) is 3.25. The Bertz CT molecular complexity index is 898. The fourth-order valence-corrected chi connectivity index (χ4v) is 2.37. The van der Waals surface area contributed by atoms with E-state index in [-0.39, 0.29) is 11.1 Å². The molecular weight excluding hydrogens is 290 g/mol. The van der Waals surface area contributed by atoms with E-state index in [9.17, 15) is 14.7 Å². The lowest BCUT2D eigenvalue weighted by atomic mass is 10.1. The summed E-state index contributed by atoms with van der Waals surface area (Å²) >= 11 is 5.82. The molecule has 0 saturated carbocycles. The van der Waals surface area contributed by atoms with Gasteiger partial charge in [0.05, 0.1) is 5.97 Å². The van der Waals surface area contributed by atoms with Crippen LogP contribution in [0.1, 0.15) is 10.4 Å². The average Bonchev–Trinajstić information content (AvgIpc) is 2.49. The van der Waals surface area contributed by atoms with Crippen LogP contribution in [-0.4, -0.2) is 10.5 Å². The average molecular weight is 299 g/mol. The molecule has 0 N–H and O–H groups in total. The van der Waals surface area contributed by atoms with Crippen molar-refractivity contribution in [2.45, 2.75) is 0 Å². The van der Waals surface area contributed by atoms with Gasteiger partial charge in [-0.3, -0.25) is 9.36 Å². The highest BCUT2D eigenvalue weighted by molar-refractivity contribution is 6.30. The van der Waals surface area contributed by atoms with Crippen LogP contribution in [0.15, 0.2) is 59.5 Å². The Kier molecular flexibility index (Phi) is 3.23. The van der Waals surface area contributed by atoms with Gasteiger partial charge in [-0.2, -0.15) is 0 Å². The Hall–Kier alpha value is -2.59. The summed E-state index contributed by atoms with van der Waals surface area (Å²) in [7, 11) is 0. The van der Waals surface area contributed by atoms with Gasteiger partial charge in [-0.15, -0.1) is 0 Å². The summed E-state index contributed by atoms with van der Waals surface area (Å²) in [5, 5.41) is 12.5. The molecule has 0 spiro atoms. The second-order valence-corrected chi connectivity index (χ2v) is 4.96. The summed E-state index contributed by atoms with van der Waals surface area (Å²) in [6.45, 7) is 0. The Labute approximate surface area is 124 Å². The maximum absolute atomic E-state index is 12.5. The summed E-state index contributed by atoms with van der Waals surface area (Å²) in [5.74, 6) is -1.33. The van der Waals surface area contributed by atoms with Crippen molar-refractivity contribution in [3.63, 3.8) is 0 Å². The Morgan fingerprint density at radius 1 is 1.00 bits per heavy atom. The van der Waals surface area contributed by atoms with Crippen LogP contribution >= 0.6 is 11.6 Å². The number of carbonyl (C=O) groups excluding carboxylic acids is 1. The minimum absolute atomic E-state index is 0.0276. The van der Waals surface area contributed by atoms with E-state index in [4.69, 9.17) is 11.6 Å². The Balaban J connectivity index is 2.39. The molecule has 0 aliphatic carbocycles. The molecule has 0 aliphatic heterocycles. The van der Waals surface area contributed by atoms with Gasteiger partial charge >= 0.3 is 0 Å². The number of halogens is 1. The summed E-state index contributed by atoms with van der Waals surface area (Å²) in [5.41, 5.74) is 0.218. The first kappa shape index (κ1) is 13.4. The van der Waals surface area contributed by atoms with Crippen LogP contribution in [-0.2, 0) is 0 Å². The predicted octanol–water partition coefficient (Wildman–Crippen LogP) is 2.01. The van der Waals surface area contributed by atoms with Crippen molar-refractivity contribution in [1.82, 2.24) is 4.57 Å². The van der Waals surface area contributed by atoms with Gasteiger partial charge in [0.2, 0.25) is 0 Å². The number of aromatic nitrogens is 1. The molecule has 1 aromatic heterocycles. The van der Waals surface area contributed by atoms with Gasteiger partial charge in [-0.25, -0.2) is 0 Å². The molecule has 5 heteroatoms. The van der Waals surface area contributed by atoms with E-state index in [1.165, 1.54) is 10.8 Å². The second kappa shape index (κ2) is 5.07. The molecule has 0 bridgehead atoms. The number of pyridine rings is 1. The van der Waals surface area contributed by atoms with Gasteiger partial charge < -0.3 is 9.90 Å². The molecule has 0 atom stereocenters. The van der Waals surface area contributed by atoms with Crippen LogP contribution in [0.25, 0.3) is 16.5 Å². The first-order valence-electron chi connectivity index (χ1n) is 6.19. The maximum atomic E-state index is 12.5. The molecular formula is C16H9ClNO3-. The van der Waals surface area contributed by atoms with Crippen molar-refractivity contribution < 1.29 is 9.90 Å². The standard InChI is InChI=1S/C16H10ClNO3/c17-10-5-7-11(8-6-10)18-9-14(16(20)21)12-3-1-2-4-13(12)15(18)19/h1-9H,(H,20,21)/p-1. The first-order chi connectivity index (χ1) is 10.1. The number of carboxylic acid groups (broad SMARTS) is 1. The molecule has 1 heterocycles. The highest BCUT2D eigenvalue weighted by Crippen LogP contribution is 2.18. The van der Waals surface area contributed by atoms with Crippen molar-refractivity contribution in [3.05, 3.63) is 75.7 Å². The van der Waals surface area contributed by atoms with Gasteiger partial charge in [0.1, 0.15) is 0 Å². The topological polar surface area (TPSA) is 62.1 Å². The minimum atomic E-state index is -1.33. The van der Waals surface area contributed by atoms with E-state index in [2.05, 4.69) is 0 Å². The Morgan fingerprint density at radius 3 is 2.24 bits per heavy atom. The fraction of sp³-hybridized carbons (Fsp3) is 0. The van der Waals surface area contributed by atoms with Crippen LogP contribution in [0.2, 0.25) is 5.02 Å². The monoisotopic (exact) mass is 298 g/mol. The molecule has 0 fully saturated rings. The second-order valence-electron chi connectivity index (χ2n) is 4.53. The zero-order chi connectivity index (χ0) is 15.0. The zero-order valence-electron chi connectivity index (χ0n) is 10.7. The van der Waals surface area contributed by atoms with Gasteiger partial charge in [-0.05, 0) is 35.7 Å². The fourth-order valence-electron chi connectivity index (χ4n) is 2.25. The number of carboxylic acids is 1. The minimum Gasteiger partial charge on any atom is -0.545 e. The summed E-state index contributed by atoms with van der Waals surface area (Å²) < 4.78 is 1.28. The highest BCUT2D eigenvalue weighted by Gasteiger charge is 2.10. The van der Waals surface area contributed by atoms with Gasteiger partial charge in [0, 0.05) is 27.9 Å². The normalized spacial score (nSPS) is 10.7. The van der Waals surface area contributed by atoms with E-state index in [0.29, 0.717) is 21.5 Å². The van der Waals surface area contributed by atoms with Gasteiger partial charge in [-0.1, -0.05) is 29.8 Å². The molecule has 0 aliphatic rings. The summed E-state index contributed by atoms with van der Waals surface area (Å²) in [6.07, 6.45) is 1.28. The molecule has 104 valence electrons. The molecule has 0 saturated heterocycles. The summed E-state index contributed by atoms with van der Waals surface area (Å²) in [4.78, 5) is 23.8. The molecule has 2 aromatic carbocycles. The van der Waals surface area contributed by atoms with E-state index >= 15 is 0 Å². The number of benzene rings is 2. The molecule has 0 radical (unpaired) electrons. The number of fused-ring (bicyclic) bond motifs is 1. The van der Waals surface area contributed by atoms with Crippen molar-refractivity contribution in [3.8, 4) is 5.69 Å². The van der Waals surface area contributed by atoms with Crippen LogP contribution < -0.4 is 10.7 Å². The third-order valence-corrected chi connectivity index (χ3v) is 3.50. The number of hydrogen-bond acceptors (Lipinski definition) is 3.